The normalized spacial score (nSPS) is 15.3. The summed E-state index contributed by atoms with van der Waals surface area (Å²) in [5.74, 6) is -1.17. The van der Waals surface area contributed by atoms with Gasteiger partial charge in [0.2, 0.25) is 0 Å². The molecule has 0 radical (unpaired) electrons. The Morgan fingerprint density at radius 2 is 1.72 bits per heavy atom. The predicted molar refractivity (Wildman–Crippen MR) is 114 cm³/mol. The fourth-order valence-electron chi connectivity index (χ4n) is 3.39. The first-order valence-electron chi connectivity index (χ1n) is 9.73. The number of nitrogens with zero attached hydrogens (tertiary/aromatic N) is 2. The maximum absolute atomic E-state index is 12.7. The highest BCUT2D eigenvalue weighted by Crippen LogP contribution is 2.26. The van der Waals surface area contributed by atoms with Gasteiger partial charge in [-0.25, -0.2) is 13.2 Å². The summed E-state index contributed by atoms with van der Waals surface area (Å²) in [6.45, 7) is 5.44. The molecule has 1 aliphatic heterocycles. The van der Waals surface area contributed by atoms with Crippen LogP contribution in [0.25, 0.3) is 0 Å². The number of likely N-dealkylation sites (N-methyl/N-ethyl adjacent to an activating group) is 1. The number of sulfonamides is 1. The Labute approximate surface area is 172 Å². The SMILES string of the molecule is CCCc1ccc(S(=O)(=O)Nc2ccc(N3CCN(C)CC3)cc2C(=O)O)cc1. The number of benzene rings is 2. The lowest BCUT2D eigenvalue weighted by molar-refractivity contribution is 0.0698. The van der Waals surface area contributed by atoms with Crippen molar-refractivity contribution in [3.05, 3.63) is 53.6 Å². The van der Waals surface area contributed by atoms with E-state index in [1.54, 1.807) is 30.3 Å². The Hall–Kier alpha value is -2.58. The summed E-state index contributed by atoms with van der Waals surface area (Å²) in [5.41, 5.74) is 1.84. The number of hydrogen-bond donors (Lipinski definition) is 2. The molecule has 1 saturated heterocycles. The van der Waals surface area contributed by atoms with Crippen molar-refractivity contribution < 1.29 is 18.3 Å². The molecule has 8 heteroatoms. The van der Waals surface area contributed by atoms with Crippen LogP contribution in [0.4, 0.5) is 11.4 Å². The van der Waals surface area contributed by atoms with Gasteiger partial charge in [-0.3, -0.25) is 4.72 Å². The number of nitrogens with one attached hydrogen (secondary N) is 1. The summed E-state index contributed by atoms with van der Waals surface area (Å²) in [4.78, 5) is 16.2. The molecule has 1 fully saturated rings. The molecule has 0 bridgehead atoms. The molecule has 1 heterocycles. The predicted octanol–water partition coefficient (Wildman–Crippen LogP) is 2.89. The number of aromatic carboxylic acids is 1. The van der Waals surface area contributed by atoms with Crippen LogP contribution in [0, 0.1) is 0 Å². The van der Waals surface area contributed by atoms with Gasteiger partial charge in [0.1, 0.15) is 0 Å². The lowest BCUT2D eigenvalue weighted by Gasteiger charge is -2.34. The van der Waals surface area contributed by atoms with Crippen molar-refractivity contribution in [3.8, 4) is 0 Å². The van der Waals surface area contributed by atoms with Crippen LogP contribution in [0.15, 0.2) is 47.4 Å². The Kier molecular flexibility index (Phi) is 6.44. The maximum atomic E-state index is 12.7. The van der Waals surface area contributed by atoms with Gasteiger partial charge in [-0.15, -0.1) is 0 Å². The first-order chi connectivity index (χ1) is 13.8. The van der Waals surface area contributed by atoms with Crippen LogP contribution in [0.5, 0.6) is 0 Å². The van der Waals surface area contributed by atoms with Gasteiger partial charge in [0, 0.05) is 31.9 Å². The highest BCUT2D eigenvalue weighted by atomic mass is 32.2. The van der Waals surface area contributed by atoms with Gasteiger partial charge in [0.15, 0.2) is 0 Å². The van der Waals surface area contributed by atoms with Crippen LogP contribution in [0.1, 0.15) is 29.3 Å². The molecule has 156 valence electrons. The Morgan fingerprint density at radius 3 is 2.31 bits per heavy atom. The minimum atomic E-state index is -3.88. The molecule has 0 atom stereocenters. The first kappa shape index (κ1) is 21.1. The number of carboxylic acid groups (broad SMARTS) is 1. The molecule has 0 unspecified atom stereocenters. The van der Waals surface area contributed by atoms with E-state index in [9.17, 15) is 18.3 Å². The van der Waals surface area contributed by atoms with Crippen LogP contribution in [0.2, 0.25) is 0 Å². The molecule has 29 heavy (non-hydrogen) atoms. The second-order valence-electron chi connectivity index (χ2n) is 7.32. The van der Waals surface area contributed by atoms with E-state index in [2.05, 4.69) is 21.4 Å². The van der Waals surface area contributed by atoms with E-state index in [0.717, 1.165) is 50.3 Å². The molecule has 2 N–H and O–H groups in total. The molecule has 7 nitrogen and oxygen atoms in total. The quantitative estimate of drug-likeness (QED) is 0.720. The summed E-state index contributed by atoms with van der Waals surface area (Å²) in [5, 5.41) is 9.63. The van der Waals surface area contributed by atoms with Crippen LogP contribution in [0.3, 0.4) is 0 Å². The van der Waals surface area contributed by atoms with Gasteiger partial charge in [0.05, 0.1) is 16.1 Å². The standard InChI is InChI=1S/C21H27N3O4S/c1-3-4-16-5-8-18(9-6-16)29(27,28)22-20-10-7-17(15-19(20)21(25)26)24-13-11-23(2)12-14-24/h5-10,15,22H,3-4,11-14H2,1-2H3,(H,25,26). The number of hydrogen-bond acceptors (Lipinski definition) is 5. The maximum Gasteiger partial charge on any atom is 0.337 e. The fourth-order valence-corrected chi connectivity index (χ4v) is 4.47. The van der Waals surface area contributed by atoms with Crippen LogP contribution in [-0.2, 0) is 16.4 Å². The molecule has 2 aromatic rings. The second-order valence-corrected chi connectivity index (χ2v) is 9.01. The third kappa shape index (κ3) is 5.07. The number of anilines is 2. The Bertz CT molecular complexity index is 966. The van der Waals surface area contributed by atoms with Crippen LogP contribution < -0.4 is 9.62 Å². The first-order valence-corrected chi connectivity index (χ1v) is 11.2. The second kappa shape index (κ2) is 8.84. The molecule has 0 amide bonds. The van der Waals surface area contributed by atoms with E-state index >= 15 is 0 Å². The lowest BCUT2D eigenvalue weighted by atomic mass is 10.1. The van der Waals surface area contributed by atoms with E-state index < -0.39 is 16.0 Å². The van der Waals surface area contributed by atoms with Gasteiger partial charge in [-0.05, 0) is 49.4 Å². The van der Waals surface area contributed by atoms with E-state index in [0.29, 0.717) is 0 Å². The minimum absolute atomic E-state index is 0.0624. The number of carbonyl (C=O) groups is 1. The fraction of sp³-hybridized carbons (Fsp3) is 0.381. The van der Waals surface area contributed by atoms with Gasteiger partial charge >= 0.3 is 5.97 Å². The summed E-state index contributed by atoms with van der Waals surface area (Å²) < 4.78 is 27.9. The van der Waals surface area contributed by atoms with Gasteiger partial charge in [0.25, 0.3) is 10.0 Å². The van der Waals surface area contributed by atoms with Crippen molar-refractivity contribution in [2.75, 3.05) is 42.8 Å². The van der Waals surface area contributed by atoms with Crippen LogP contribution >= 0.6 is 0 Å². The molecule has 0 saturated carbocycles. The van der Waals surface area contributed by atoms with E-state index in [1.807, 2.05) is 7.05 Å². The molecule has 1 aliphatic rings. The number of carboxylic acids is 1. The van der Waals surface area contributed by atoms with E-state index in [1.165, 1.54) is 12.1 Å². The zero-order valence-corrected chi connectivity index (χ0v) is 17.6. The molecule has 0 aliphatic carbocycles. The lowest BCUT2D eigenvalue weighted by Crippen LogP contribution is -2.44. The average Bonchev–Trinajstić information content (AvgIpc) is 2.69. The highest BCUT2D eigenvalue weighted by Gasteiger charge is 2.21. The third-order valence-electron chi connectivity index (χ3n) is 5.12. The van der Waals surface area contributed by atoms with Crippen molar-refractivity contribution in [1.82, 2.24) is 4.90 Å². The molecule has 2 aromatic carbocycles. The highest BCUT2D eigenvalue weighted by molar-refractivity contribution is 7.92. The largest absolute Gasteiger partial charge is 0.478 e. The van der Waals surface area contributed by atoms with E-state index in [-0.39, 0.29) is 16.1 Å². The molecule has 3 rings (SSSR count). The number of rotatable bonds is 7. The van der Waals surface area contributed by atoms with E-state index in [4.69, 9.17) is 0 Å². The van der Waals surface area contributed by atoms with Gasteiger partial charge in [-0.1, -0.05) is 25.5 Å². The van der Waals surface area contributed by atoms with Crippen LogP contribution in [-0.4, -0.2) is 57.6 Å². The van der Waals surface area contributed by atoms with Crippen molar-refractivity contribution in [1.29, 1.82) is 0 Å². The number of aryl methyl sites for hydroxylation is 1. The Balaban J connectivity index is 1.84. The molecule has 0 aromatic heterocycles. The summed E-state index contributed by atoms with van der Waals surface area (Å²) in [7, 11) is -1.83. The van der Waals surface area contributed by atoms with Crippen molar-refractivity contribution in [2.45, 2.75) is 24.7 Å². The van der Waals surface area contributed by atoms with Crippen molar-refractivity contribution in [2.24, 2.45) is 0 Å². The number of piperazine rings is 1. The summed E-state index contributed by atoms with van der Waals surface area (Å²) in [6, 6.07) is 11.5. The average molecular weight is 418 g/mol. The Morgan fingerprint density at radius 1 is 1.07 bits per heavy atom. The summed E-state index contributed by atoms with van der Waals surface area (Å²) in [6.07, 6.45) is 1.86. The zero-order valence-electron chi connectivity index (χ0n) is 16.8. The third-order valence-corrected chi connectivity index (χ3v) is 6.50. The monoisotopic (exact) mass is 417 g/mol. The smallest absolute Gasteiger partial charge is 0.337 e. The molecular formula is C21H27N3O4S. The molecular weight excluding hydrogens is 390 g/mol. The topological polar surface area (TPSA) is 90.0 Å². The van der Waals surface area contributed by atoms with Gasteiger partial charge < -0.3 is 14.9 Å². The summed E-state index contributed by atoms with van der Waals surface area (Å²) >= 11 is 0. The van der Waals surface area contributed by atoms with Gasteiger partial charge in [-0.2, -0.15) is 0 Å². The molecule has 0 spiro atoms. The van der Waals surface area contributed by atoms with Crippen molar-refractivity contribution in [3.63, 3.8) is 0 Å². The van der Waals surface area contributed by atoms with Crippen molar-refractivity contribution >= 4 is 27.4 Å². The zero-order chi connectivity index (χ0) is 21.0. The minimum Gasteiger partial charge on any atom is -0.478 e.